The molecule has 0 amide bonds. The van der Waals surface area contributed by atoms with Crippen molar-refractivity contribution >= 4 is 5.97 Å². The fourth-order valence-electron chi connectivity index (χ4n) is 2.43. The van der Waals surface area contributed by atoms with Crippen molar-refractivity contribution in [1.29, 1.82) is 0 Å². The first-order chi connectivity index (χ1) is 9.75. The predicted octanol–water partition coefficient (Wildman–Crippen LogP) is 1.86. The molecular formula is C14H15N3O3. The fraction of sp³-hybridized carbons (Fsp3) is 0.357. The van der Waals surface area contributed by atoms with Gasteiger partial charge >= 0.3 is 5.97 Å². The van der Waals surface area contributed by atoms with Crippen molar-refractivity contribution < 1.29 is 14.6 Å². The van der Waals surface area contributed by atoms with Crippen LogP contribution in [-0.4, -0.2) is 39.1 Å². The summed E-state index contributed by atoms with van der Waals surface area (Å²) in [6, 6.07) is 5.45. The van der Waals surface area contributed by atoms with Crippen LogP contribution in [0.1, 0.15) is 34.8 Å². The number of hydrogen-bond donors (Lipinski definition) is 1. The first-order valence-electron chi connectivity index (χ1n) is 6.57. The maximum absolute atomic E-state index is 11.4. The van der Waals surface area contributed by atoms with Gasteiger partial charge < -0.3 is 9.84 Å². The zero-order valence-corrected chi connectivity index (χ0v) is 10.9. The Bertz CT molecular complexity index is 603. The van der Waals surface area contributed by atoms with E-state index in [1.165, 1.54) is 10.9 Å². The average Bonchev–Trinajstić information content (AvgIpc) is 2.94. The molecule has 0 saturated carbocycles. The quantitative estimate of drug-likeness (QED) is 0.923. The Morgan fingerprint density at radius 3 is 2.80 bits per heavy atom. The number of aromatic carboxylic acids is 1. The summed E-state index contributed by atoms with van der Waals surface area (Å²) in [5.41, 5.74) is 0.883. The molecule has 0 bridgehead atoms. The number of nitrogens with zero attached hydrogens (tertiary/aromatic N) is 3. The summed E-state index contributed by atoms with van der Waals surface area (Å²) in [7, 11) is 0. The molecule has 0 aliphatic carbocycles. The number of ether oxygens (including phenoxy) is 1. The third-order valence-electron chi connectivity index (χ3n) is 3.47. The van der Waals surface area contributed by atoms with E-state index in [1.54, 1.807) is 12.3 Å². The molecule has 2 aromatic rings. The number of pyridine rings is 1. The number of rotatable bonds is 3. The van der Waals surface area contributed by atoms with Gasteiger partial charge in [0.1, 0.15) is 5.56 Å². The molecule has 0 radical (unpaired) electrons. The molecule has 1 fully saturated rings. The van der Waals surface area contributed by atoms with Crippen LogP contribution in [0.25, 0.3) is 5.82 Å². The standard InChI is InChI=1S/C14H15N3O3/c18-14(19)11-9-17(12-3-1-2-6-15-12)16-13(11)10-4-7-20-8-5-10/h1-3,6,9-10H,4-5,7-8H2,(H,18,19). The fourth-order valence-corrected chi connectivity index (χ4v) is 2.43. The molecule has 2 aromatic heterocycles. The maximum Gasteiger partial charge on any atom is 0.339 e. The van der Waals surface area contributed by atoms with Crippen molar-refractivity contribution in [3.8, 4) is 5.82 Å². The third-order valence-corrected chi connectivity index (χ3v) is 3.47. The van der Waals surface area contributed by atoms with E-state index in [0.29, 0.717) is 24.7 Å². The SMILES string of the molecule is O=C(O)c1cn(-c2ccccn2)nc1C1CCOCC1. The lowest BCUT2D eigenvalue weighted by molar-refractivity contribution is 0.0684. The van der Waals surface area contributed by atoms with E-state index in [-0.39, 0.29) is 11.5 Å². The van der Waals surface area contributed by atoms with Crippen LogP contribution in [0.2, 0.25) is 0 Å². The van der Waals surface area contributed by atoms with Gasteiger partial charge in [-0.3, -0.25) is 0 Å². The average molecular weight is 273 g/mol. The van der Waals surface area contributed by atoms with E-state index < -0.39 is 5.97 Å². The molecule has 1 aliphatic heterocycles. The van der Waals surface area contributed by atoms with Gasteiger partial charge in [0.15, 0.2) is 5.82 Å². The monoisotopic (exact) mass is 273 g/mol. The highest BCUT2D eigenvalue weighted by Gasteiger charge is 2.25. The Kier molecular flexibility index (Phi) is 3.47. The molecule has 20 heavy (non-hydrogen) atoms. The second kappa shape index (κ2) is 5.42. The summed E-state index contributed by atoms with van der Waals surface area (Å²) in [5, 5.41) is 13.8. The van der Waals surface area contributed by atoms with E-state index in [0.717, 1.165) is 12.8 Å². The Morgan fingerprint density at radius 2 is 2.15 bits per heavy atom. The number of carboxylic acid groups (broad SMARTS) is 1. The predicted molar refractivity (Wildman–Crippen MR) is 71.1 cm³/mol. The van der Waals surface area contributed by atoms with Gasteiger partial charge in [0.25, 0.3) is 0 Å². The Labute approximate surface area is 116 Å². The van der Waals surface area contributed by atoms with Gasteiger partial charge in [-0.1, -0.05) is 6.07 Å². The summed E-state index contributed by atoms with van der Waals surface area (Å²) in [4.78, 5) is 15.6. The molecule has 0 aromatic carbocycles. The summed E-state index contributed by atoms with van der Waals surface area (Å²) in [5.74, 6) is -0.193. The maximum atomic E-state index is 11.4. The van der Waals surface area contributed by atoms with Gasteiger partial charge in [0.2, 0.25) is 0 Å². The van der Waals surface area contributed by atoms with E-state index in [1.807, 2.05) is 12.1 Å². The first kappa shape index (κ1) is 12.8. The van der Waals surface area contributed by atoms with Gasteiger partial charge in [-0.2, -0.15) is 5.10 Å². The Morgan fingerprint density at radius 1 is 1.35 bits per heavy atom. The highest BCUT2D eigenvalue weighted by atomic mass is 16.5. The highest BCUT2D eigenvalue weighted by molar-refractivity contribution is 5.89. The normalized spacial score (nSPS) is 16.2. The van der Waals surface area contributed by atoms with Crippen molar-refractivity contribution in [2.45, 2.75) is 18.8 Å². The van der Waals surface area contributed by atoms with E-state index in [2.05, 4.69) is 10.1 Å². The van der Waals surface area contributed by atoms with Gasteiger partial charge in [-0.05, 0) is 25.0 Å². The summed E-state index contributed by atoms with van der Waals surface area (Å²) >= 11 is 0. The first-order valence-corrected chi connectivity index (χ1v) is 6.57. The number of carbonyl (C=O) groups is 1. The second-order valence-electron chi connectivity index (χ2n) is 4.75. The van der Waals surface area contributed by atoms with Crippen molar-refractivity contribution in [2.24, 2.45) is 0 Å². The Hall–Kier alpha value is -2.21. The van der Waals surface area contributed by atoms with Crippen LogP contribution in [0.15, 0.2) is 30.6 Å². The lowest BCUT2D eigenvalue weighted by atomic mass is 9.94. The van der Waals surface area contributed by atoms with Crippen LogP contribution in [-0.2, 0) is 4.74 Å². The van der Waals surface area contributed by atoms with Crippen molar-refractivity contribution in [1.82, 2.24) is 14.8 Å². The van der Waals surface area contributed by atoms with Crippen LogP contribution in [0.5, 0.6) is 0 Å². The summed E-state index contributed by atoms with van der Waals surface area (Å²) < 4.78 is 6.85. The molecule has 0 atom stereocenters. The van der Waals surface area contributed by atoms with E-state index >= 15 is 0 Å². The molecule has 1 aliphatic rings. The zero-order valence-electron chi connectivity index (χ0n) is 10.9. The largest absolute Gasteiger partial charge is 0.478 e. The molecule has 104 valence electrons. The molecule has 0 unspecified atom stereocenters. The molecule has 3 rings (SSSR count). The van der Waals surface area contributed by atoms with Crippen LogP contribution in [0, 0.1) is 0 Å². The minimum Gasteiger partial charge on any atom is -0.478 e. The Balaban J connectivity index is 2.00. The van der Waals surface area contributed by atoms with Crippen LogP contribution >= 0.6 is 0 Å². The summed E-state index contributed by atoms with van der Waals surface area (Å²) in [6.07, 6.45) is 4.81. The number of hydrogen-bond acceptors (Lipinski definition) is 4. The molecular weight excluding hydrogens is 258 g/mol. The van der Waals surface area contributed by atoms with Crippen LogP contribution < -0.4 is 0 Å². The van der Waals surface area contributed by atoms with Crippen molar-refractivity contribution in [2.75, 3.05) is 13.2 Å². The number of aromatic nitrogens is 3. The van der Waals surface area contributed by atoms with Gasteiger partial charge in [-0.15, -0.1) is 0 Å². The third kappa shape index (κ3) is 2.42. The van der Waals surface area contributed by atoms with Crippen LogP contribution in [0.3, 0.4) is 0 Å². The van der Waals surface area contributed by atoms with E-state index in [9.17, 15) is 9.90 Å². The molecule has 3 heterocycles. The molecule has 6 nitrogen and oxygen atoms in total. The van der Waals surface area contributed by atoms with Crippen LogP contribution in [0.4, 0.5) is 0 Å². The topological polar surface area (TPSA) is 77.2 Å². The van der Waals surface area contributed by atoms with Crippen molar-refractivity contribution in [3.63, 3.8) is 0 Å². The van der Waals surface area contributed by atoms with Gasteiger partial charge in [-0.25, -0.2) is 14.5 Å². The minimum atomic E-state index is -0.950. The summed E-state index contributed by atoms with van der Waals surface area (Å²) in [6.45, 7) is 1.31. The molecule has 6 heteroatoms. The number of carboxylic acids is 1. The van der Waals surface area contributed by atoms with Gasteiger partial charge in [0, 0.05) is 31.5 Å². The van der Waals surface area contributed by atoms with E-state index in [4.69, 9.17) is 4.74 Å². The smallest absolute Gasteiger partial charge is 0.339 e. The molecule has 0 spiro atoms. The lowest BCUT2D eigenvalue weighted by Gasteiger charge is -2.20. The second-order valence-corrected chi connectivity index (χ2v) is 4.75. The van der Waals surface area contributed by atoms with Gasteiger partial charge in [0.05, 0.1) is 5.69 Å². The highest BCUT2D eigenvalue weighted by Crippen LogP contribution is 2.28. The lowest BCUT2D eigenvalue weighted by Crippen LogP contribution is -2.16. The molecule has 1 N–H and O–H groups in total. The zero-order chi connectivity index (χ0) is 13.9. The molecule has 1 saturated heterocycles. The minimum absolute atomic E-state index is 0.139. The van der Waals surface area contributed by atoms with Crippen molar-refractivity contribution in [3.05, 3.63) is 41.9 Å².